The van der Waals surface area contributed by atoms with Crippen molar-refractivity contribution in [1.82, 2.24) is 0 Å². The summed E-state index contributed by atoms with van der Waals surface area (Å²) >= 11 is 0. The molecule has 0 saturated carbocycles. The number of hydrogen-bond donors (Lipinski definition) is 0. The number of rotatable bonds is 6. The van der Waals surface area contributed by atoms with E-state index in [-0.39, 0.29) is 0 Å². The van der Waals surface area contributed by atoms with Crippen LogP contribution in [0.4, 0.5) is 17.1 Å². The Balaban J connectivity index is 1.30. The number of hydrogen-bond acceptors (Lipinski definition) is 1. The minimum absolute atomic E-state index is 1.12. The Hall–Kier alpha value is -6.96. The first-order chi connectivity index (χ1) is 26.3. The van der Waals surface area contributed by atoms with Gasteiger partial charge in [0.15, 0.2) is 0 Å². The zero-order chi connectivity index (χ0) is 35.0. The van der Waals surface area contributed by atoms with Crippen molar-refractivity contribution < 1.29 is 0 Å². The average molecular weight is 672 g/mol. The predicted molar refractivity (Wildman–Crippen MR) is 229 cm³/mol. The Kier molecular flexibility index (Phi) is 6.47. The third-order valence-corrected chi connectivity index (χ3v) is 11.3. The van der Waals surface area contributed by atoms with Gasteiger partial charge in [-0.1, -0.05) is 158 Å². The molecule has 0 N–H and O–H groups in total. The summed E-state index contributed by atoms with van der Waals surface area (Å²) in [6.07, 6.45) is 1.93. The fraction of sp³-hybridized carbons (Fsp3) is 0. The van der Waals surface area contributed by atoms with Gasteiger partial charge in [0.2, 0.25) is 0 Å². The highest BCUT2D eigenvalue weighted by Crippen LogP contribution is 2.55. The van der Waals surface area contributed by atoms with E-state index in [1.165, 1.54) is 86.9 Å². The molecule has 0 aromatic heterocycles. The van der Waals surface area contributed by atoms with Crippen molar-refractivity contribution in [2.24, 2.45) is 0 Å². The second-order valence-corrected chi connectivity index (χ2v) is 14.0. The Labute approximate surface area is 308 Å². The highest BCUT2D eigenvalue weighted by molar-refractivity contribution is 6.46. The molecule has 246 valence electrons. The molecule has 0 unspecified atom stereocenters. The maximum absolute atomic E-state index is 4.05. The molecular weight excluding hydrogens is 639 g/mol. The van der Waals surface area contributed by atoms with E-state index in [1.807, 2.05) is 6.08 Å². The first kappa shape index (κ1) is 29.7. The van der Waals surface area contributed by atoms with Crippen LogP contribution >= 0.6 is 0 Å². The standard InChI is InChI=1S/C52H33N/c1-2-33-25-27-36(28-26-33)47-49-41-21-9-13-34-15-11-23-43(45(34)41)51(49)48(52-44-24-12-16-35-14-10-22-42(46(35)44)50(47)52)37-29-31-40(32-30-37)53(38-17-5-3-6-18-38)39-19-7-4-8-20-39/h2-32H,1H2. The van der Waals surface area contributed by atoms with Gasteiger partial charge in [0.25, 0.3) is 0 Å². The molecule has 1 nitrogen and oxygen atoms in total. The van der Waals surface area contributed by atoms with Crippen LogP contribution < -0.4 is 4.90 Å². The molecule has 11 aromatic carbocycles. The molecule has 1 heteroatoms. The fourth-order valence-electron chi connectivity index (χ4n) is 9.08. The van der Waals surface area contributed by atoms with E-state index in [4.69, 9.17) is 0 Å². The number of para-hydroxylation sites is 2. The summed E-state index contributed by atoms with van der Waals surface area (Å²) in [4.78, 5) is 2.34. The molecule has 11 rings (SSSR count). The average Bonchev–Trinajstić information content (AvgIpc) is 3.74. The van der Waals surface area contributed by atoms with Crippen LogP contribution in [0.25, 0.3) is 93.0 Å². The van der Waals surface area contributed by atoms with Gasteiger partial charge in [-0.2, -0.15) is 0 Å². The summed E-state index contributed by atoms with van der Waals surface area (Å²) in [5.74, 6) is 0. The minimum atomic E-state index is 1.12. The van der Waals surface area contributed by atoms with Crippen LogP contribution in [0.3, 0.4) is 0 Å². The fourth-order valence-corrected chi connectivity index (χ4v) is 9.08. The van der Waals surface area contributed by atoms with Crippen LogP contribution in [0, 0.1) is 0 Å². The van der Waals surface area contributed by atoms with Gasteiger partial charge in [-0.15, -0.1) is 0 Å². The second kappa shape index (κ2) is 11.5. The summed E-state index contributed by atoms with van der Waals surface area (Å²) in [6, 6.07) is 66.8. The van der Waals surface area contributed by atoms with E-state index < -0.39 is 0 Å². The zero-order valence-corrected chi connectivity index (χ0v) is 29.1. The molecule has 0 aliphatic heterocycles. The zero-order valence-electron chi connectivity index (χ0n) is 29.1. The van der Waals surface area contributed by atoms with E-state index >= 15 is 0 Å². The molecule has 0 spiro atoms. The largest absolute Gasteiger partial charge is 0.311 e. The molecule has 0 heterocycles. The lowest BCUT2D eigenvalue weighted by Gasteiger charge is -2.25. The molecule has 0 aliphatic carbocycles. The summed E-state index contributed by atoms with van der Waals surface area (Å²) in [5, 5.41) is 15.7. The van der Waals surface area contributed by atoms with E-state index in [1.54, 1.807) is 0 Å². The van der Waals surface area contributed by atoms with Gasteiger partial charge >= 0.3 is 0 Å². The summed E-state index contributed by atoms with van der Waals surface area (Å²) in [5.41, 5.74) is 9.54. The van der Waals surface area contributed by atoms with Crippen LogP contribution in [0.2, 0.25) is 0 Å². The van der Waals surface area contributed by atoms with Gasteiger partial charge in [0.1, 0.15) is 0 Å². The van der Waals surface area contributed by atoms with Gasteiger partial charge in [-0.3, -0.25) is 0 Å². The smallest absolute Gasteiger partial charge is 0.0462 e. The van der Waals surface area contributed by atoms with Crippen LogP contribution in [-0.2, 0) is 0 Å². The molecule has 0 bridgehead atoms. The van der Waals surface area contributed by atoms with Crippen molar-refractivity contribution in [1.29, 1.82) is 0 Å². The summed E-state index contributed by atoms with van der Waals surface area (Å²) in [7, 11) is 0. The lowest BCUT2D eigenvalue weighted by atomic mass is 9.87. The van der Waals surface area contributed by atoms with Crippen LogP contribution in [0.15, 0.2) is 189 Å². The Bertz CT molecular complexity index is 2960. The van der Waals surface area contributed by atoms with E-state index in [0.29, 0.717) is 0 Å². The molecule has 0 amide bonds. The van der Waals surface area contributed by atoms with Gasteiger partial charge < -0.3 is 4.90 Å². The first-order valence-corrected chi connectivity index (χ1v) is 18.3. The maximum atomic E-state index is 4.05. The SMILES string of the molecule is C=Cc1ccc(-c2c3c4cccc5cccc(c3c(-c3ccc(N(c6ccccc6)c6ccccc6)cc3)c3c6cccc7cccc(c23)c76)c54)cc1. The molecule has 0 saturated heterocycles. The quantitative estimate of drug-likeness (QED) is 0.170. The first-order valence-electron chi connectivity index (χ1n) is 18.3. The summed E-state index contributed by atoms with van der Waals surface area (Å²) < 4.78 is 0. The van der Waals surface area contributed by atoms with Gasteiger partial charge in [0.05, 0.1) is 0 Å². The Morgan fingerprint density at radius 1 is 0.321 bits per heavy atom. The van der Waals surface area contributed by atoms with Crippen LogP contribution in [-0.4, -0.2) is 0 Å². The lowest BCUT2D eigenvalue weighted by molar-refractivity contribution is 1.28. The molecule has 0 atom stereocenters. The third kappa shape index (κ3) is 4.32. The highest BCUT2D eigenvalue weighted by Gasteiger charge is 2.27. The number of anilines is 3. The van der Waals surface area contributed by atoms with E-state index in [9.17, 15) is 0 Å². The van der Waals surface area contributed by atoms with Gasteiger partial charge in [0, 0.05) is 17.1 Å². The molecular formula is C52H33N. The Morgan fingerprint density at radius 3 is 1.06 bits per heavy atom. The molecule has 53 heavy (non-hydrogen) atoms. The van der Waals surface area contributed by atoms with Crippen molar-refractivity contribution in [2.75, 3.05) is 4.90 Å². The molecule has 11 aromatic rings. The third-order valence-electron chi connectivity index (χ3n) is 11.3. The monoisotopic (exact) mass is 671 g/mol. The number of benzene rings is 9. The van der Waals surface area contributed by atoms with E-state index in [2.05, 4.69) is 193 Å². The minimum Gasteiger partial charge on any atom is -0.311 e. The molecule has 0 aliphatic rings. The van der Waals surface area contributed by atoms with E-state index in [0.717, 1.165) is 22.6 Å². The highest BCUT2D eigenvalue weighted by atomic mass is 15.1. The Morgan fingerprint density at radius 2 is 0.679 bits per heavy atom. The van der Waals surface area contributed by atoms with Crippen LogP contribution in [0.1, 0.15) is 5.56 Å². The second-order valence-electron chi connectivity index (χ2n) is 14.0. The van der Waals surface area contributed by atoms with Crippen molar-refractivity contribution in [3.05, 3.63) is 194 Å². The topological polar surface area (TPSA) is 3.24 Å². The maximum Gasteiger partial charge on any atom is 0.0462 e. The molecule has 0 radical (unpaired) electrons. The van der Waals surface area contributed by atoms with Crippen molar-refractivity contribution in [3.63, 3.8) is 0 Å². The number of fused-ring (bicyclic) bond motifs is 6. The van der Waals surface area contributed by atoms with Crippen molar-refractivity contribution in [3.8, 4) is 22.3 Å². The molecule has 0 fully saturated rings. The van der Waals surface area contributed by atoms with Crippen molar-refractivity contribution >= 4 is 87.8 Å². The summed E-state index contributed by atoms with van der Waals surface area (Å²) in [6.45, 7) is 4.05. The normalized spacial score (nSPS) is 11.8. The van der Waals surface area contributed by atoms with Gasteiger partial charge in [-0.05, 0) is 129 Å². The van der Waals surface area contributed by atoms with Crippen LogP contribution in [0.5, 0.6) is 0 Å². The van der Waals surface area contributed by atoms with Crippen molar-refractivity contribution in [2.45, 2.75) is 0 Å². The predicted octanol–water partition coefficient (Wildman–Crippen LogP) is 14.9. The number of nitrogens with zero attached hydrogens (tertiary/aromatic N) is 1. The lowest BCUT2D eigenvalue weighted by Crippen LogP contribution is -2.09. The van der Waals surface area contributed by atoms with Gasteiger partial charge in [-0.25, -0.2) is 0 Å².